The van der Waals surface area contributed by atoms with E-state index in [4.69, 9.17) is 10.1 Å². The molecule has 1 aromatic carbocycles. The van der Waals surface area contributed by atoms with Crippen LogP contribution in [-0.4, -0.2) is 12.8 Å². The first kappa shape index (κ1) is 12.2. The highest BCUT2D eigenvalue weighted by molar-refractivity contribution is 5.96. The van der Waals surface area contributed by atoms with Gasteiger partial charge in [0.05, 0.1) is 7.11 Å². The van der Waals surface area contributed by atoms with Crippen LogP contribution < -0.4 is 4.74 Å². The van der Waals surface area contributed by atoms with E-state index >= 15 is 0 Å². The van der Waals surface area contributed by atoms with Gasteiger partial charge < -0.3 is 10.1 Å². The van der Waals surface area contributed by atoms with E-state index in [0.29, 0.717) is 5.71 Å². The summed E-state index contributed by atoms with van der Waals surface area (Å²) in [5.41, 5.74) is 2.91. The normalized spacial score (nSPS) is 16.1. The van der Waals surface area contributed by atoms with Crippen molar-refractivity contribution in [1.82, 2.24) is 0 Å². The summed E-state index contributed by atoms with van der Waals surface area (Å²) in [6, 6.07) is 6.09. The van der Waals surface area contributed by atoms with Gasteiger partial charge in [0.15, 0.2) is 0 Å². The molecule has 0 aromatic heterocycles. The molecule has 1 aliphatic carbocycles. The lowest BCUT2D eigenvalue weighted by molar-refractivity contribution is 0.404. The third-order valence-corrected chi connectivity index (χ3v) is 3.70. The number of methoxy groups -OCH3 is 1. The molecule has 92 valence electrons. The molecule has 2 nitrogen and oxygen atoms in total. The largest absolute Gasteiger partial charge is 0.496 e. The molecule has 2 rings (SSSR count). The Kier molecular flexibility index (Phi) is 3.82. The Morgan fingerprint density at radius 2 is 2.06 bits per heavy atom. The lowest BCUT2D eigenvalue weighted by Crippen LogP contribution is -2.03. The summed E-state index contributed by atoms with van der Waals surface area (Å²) in [5, 5.41) is 7.70. The average Bonchev–Trinajstić information content (AvgIpc) is 2.81. The molecule has 1 N–H and O–H groups in total. The molecule has 0 heterocycles. The molecule has 0 bridgehead atoms. The van der Waals surface area contributed by atoms with Gasteiger partial charge in [0.1, 0.15) is 5.75 Å². The molecule has 0 saturated heterocycles. The van der Waals surface area contributed by atoms with Crippen LogP contribution in [0.5, 0.6) is 5.75 Å². The van der Waals surface area contributed by atoms with E-state index < -0.39 is 0 Å². The molecular weight excluding hydrogens is 210 g/mol. The zero-order valence-electron chi connectivity index (χ0n) is 10.8. The molecule has 2 heteroatoms. The topological polar surface area (TPSA) is 33.1 Å². The molecule has 0 amide bonds. The molecule has 1 aliphatic rings. The van der Waals surface area contributed by atoms with Crippen LogP contribution in [-0.2, 0) is 6.42 Å². The SMILES string of the molecule is COc1ccc(C(C)=N)cc1CC1CCCC1. The van der Waals surface area contributed by atoms with Crippen LogP contribution in [0.15, 0.2) is 18.2 Å². The van der Waals surface area contributed by atoms with Crippen molar-refractivity contribution < 1.29 is 4.74 Å². The van der Waals surface area contributed by atoms with Crippen molar-refractivity contribution in [2.24, 2.45) is 5.92 Å². The number of hydrogen-bond donors (Lipinski definition) is 1. The van der Waals surface area contributed by atoms with Gasteiger partial charge in [-0.1, -0.05) is 25.7 Å². The van der Waals surface area contributed by atoms with Crippen LogP contribution in [0.25, 0.3) is 0 Å². The molecule has 0 spiro atoms. The lowest BCUT2D eigenvalue weighted by Gasteiger charge is -2.14. The standard InChI is InChI=1S/C15H21NO/c1-11(16)13-7-8-15(17-2)14(10-13)9-12-5-3-4-6-12/h7-8,10,12,16H,3-6,9H2,1-2H3. The predicted molar refractivity (Wildman–Crippen MR) is 71.2 cm³/mol. The smallest absolute Gasteiger partial charge is 0.122 e. The van der Waals surface area contributed by atoms with E-state index in [1.807, 2.05) is 19.1 Å². The van der Waals surface area contributed by atoms with Crippen LogP contribution in [0.3, 0.4) is 0 Å². The molecule has 1 fully saturated rings. The Bertz CT molecular complexity index is 405. The first-order valence-electron chi connectivity index (χ1n) is 6.43. The maximum atomic E-state index is 7.70. The van der Waals surface area contributed by atoms with Gasteiger partial charge in [-0.25, -0.2) is 0 Å². The Morgan fingerprint density at radius 1 is 1.35 bits per heavy atom. The van der Waals surface area contributed by atoms with E-state index in [1.165, 1.54) is 31.2 Å². The number of rotatable bonds is 4. The maximum Gasteiger partial charge on any atom is 0.122 e. The van der Waals surface area contributed by atoms with Crippen molar-refractivity contribution in [2.75, 3.05) is 7.11 Å². The maximum absolute atomic E-state index is 7.70. The van der Waals surface area contributed by atoms with Crippen molar-refractivity contribution >= 4 is 5.71 Å². The Hall–Kier alpha value is -1.31. The Balaban J connectivity index is 2.21. The minimum atomic E-state index is 0.625. The summed E-state index contributed by atoms with van der Waals surface area (Å²) in [6.45, 7) is 1.83. The van der Waals surface area contributed by atoms with Crippen molar-refractivity contribution in [3.63, 3.8) is 0 Å². The number of ether oxygens (including phenoxy) is 1. The number of benzene rings is 1. The molecule has 1 saturated carbocycles. The van der Waals surface area contributed by atoms with Crippen LogP contribution >= 0.6 is 0 Å². The summed E-state index contributed by atoms with van der Waals surface area (Å²) >= 11 is 0. The summed E-state index contributed by atoms with van der Waals surface area (Å²) in [7, 11) is 1.73. The molecule has 0 unspecified atom stereocenters. The highest BCUT2D eigenvalue weighted by Gasteiger charge is 2.17. The van der Waals surface area contributed by atoms with E-state index in [-0.39, 0.29) is 0 Å². The van der Waals surface area contributed by atoms with Crippen LogP contribution in [0, 0.1) is 11.3 Å². The quantitative estimate of drug-likeness (QED) is 0.785. The average molecular weight is 231 g/mol. The van der Waals surface area contributed by atoms with Crippen LogP contribution in [0.1, 0.15) is 43.7 Å². The predicted octanol–water partition coefficient (Wildman–Crippen LogP) is 3.82. The fourth-order valence-corrected chi connectivity index (χ4v) is 2.70. The second-order valence-electron chi connectivity index (χ2n) is 5.01. The van der Waals surface area contributed by atoms with Gasteiger partial charge in [0, 0.05) is 5.71 Å². The third kappa shape index (κ3) is 2.87. The van der Waals surface area contributed by atoms with Crippen molar-refractivity contribution in [3.8, 4) is 5.75 Å². The minimum absolute atomic E-state index is 0.625. The first-order chi connectivity index (χ1) is 8.20. The van der Waals surface area contributed by atoms with Crippen molar-refractivity contribution in [1.29, 1.82) is 5.41 Å². The Morgan fingerprint density at radius 3 is 2.65 bits per heavy atom. The monoisotopic (exact) mass is 231 g/mol. The highest BCUT2D eigenvalue weighted by atomic mass is 16.5. The van der Waals surface area contributed by atoms with Crippen molar-refractivity contribution in [3.05, 3.63) is 29.3 Å². The van der Waals surface area contributed by atoms with Gasteiger partial charge in [-0.2, -0.15) is 0 Å². The van der Waals surface area contributed by atoms with E-state index in [0.717, 1.165) is 23.7 Å². The van der Waals surface area contributed by atoms with E-state index in [2.05, 4.69) is 6.07 Å². The Labute approximate surface area is 104 Å². The summed E-state index contributed by atoms with van der Waals surface area (Å²) in [6.07, 6.45) is 6.53. The molecule has 17 heavy (non-hydrogen) atoms. The zero-order valence-corrected chi connectivity index (χ0v) is 10.8. The molecule has 1 aromatic rings. The highest BCUT2D eigenvalue weighted by Crippen LogP contribution is 2.31. The van der Waals surface area contributed by atoms with Gasteiger partial charge in [-0.15, -0.1) is 0 Å². The molecule has 0 atom stereocenters. The van der Waals surface area contributed by atoms with Gasteiger partial charge in [0.2, 0.25) is 0 Å². The summed E-state index contributed by atoms with van der Waals surface area (Å²) in [4.78, 5) is 0. The molecular formula is C15H21NO. The molecule has 0 aliphatic heterocycles. The fraction of sp³-hybridized carbons (Fsp3) is 0.533. The van der Waals surface area contributed by atoms with Gasteiger partial charge in [0.25, 0.3) is 0 Å². The minimum Gasteiger partial charge on any atom is -0.496 e. The number of nitrogens with one attached hydrogen (secondary N) is 1. The summed E-state index contributed by atoms with van der Waals surface area (Å²) < 4.78 is 5.42. The van der Waals surface area contributed by atoms with Gasteiger partial charge in [-0.3, -0.25) is 0 Å². The number of hydrogen-bond acceptors (Lipinski definition) is 2. The van der Waals surface area contributed by atoms with Crippen LogP contribution in [0.2, 0.25) is 0 Å². The van der Waals surface area contributed by atoms with Crippen LogP contribution in [0.4, 0.5) is 0 Å². The van der Waals surface area contributed by atoms with E-state index in [1.54, 1.807) is 7.11 Å². The zero-order chi connectivity index (χ0) is 12.3. The molecule has 0 radical (unpaired) electrons. The third-order valence-electron chi connectivity index (χ3n) is 3.70. The van der Waals surface area contributed by atoms with E-state index in [9.17, 15) is 0 Å². The van der Waals surface area contributed by atoms with Gasteiger partial charge in [-0.05, 0) is 48.6 Å². The summed E-state index contributed by atoms with van der Waals surface area (Å²) in [5.74, 6) is 1.78. The first-order valence-corrected chi connectivity index (χ1v) is 6.43. The second-order valence-corrected chi connectivity index (χ2v) is 5.01. The lowest BCUT2D eigenvalue weighted by atomic mass is 9.95. The second kappa shape index (κ2) is 5.35. The van der Waals surface area contributed by atoms with Gasteiger partial charge >= 0.3 is 0 Å². The van der Waals surface area contributed by atoms with Crippen molar-refractivity contribution in [2.45, 2.75) is 39.0 Å². The fourth-order valence-electron chi connectivity index (χ4n) is 2.70.